The van der Waals surface area contributed by atoms with Gasteiger partial charge in [0.05, 0.1) is 4.90 Å². The van der Waals surface area contributed by atoms with E-state index in [0.29, 0.717) is 23.9 Å². The molecule has 1 aromatic heterocycles. The molecule has 6 rings (SSSR count). The number of para-hydroxylation sites is 1. The molecule has 0 radical (unpaired) electrons. The van der Waals surface area contributed by atoms with E-state index in [-0.39, 0.29) is 0 Å². The molecule has 3 heterocycles. The first-order valence-corrected chi connectivity index (χ1v) is 13.2. The fourth-order valence-corrected chi connectivity index (χ4v) is 7.07. The van der Waals surface area contributed by atoms with Gasteiger partial charge in [-0.3, -0.25) is 4.90 Å². The molecule has 0 bridgehead atoms. The van der Waals surface area contributed by atoms with E-state index in [2.05, 4.69) is 29.2 Å². The zero-order valence-corrected chi connectivity index (χ0v) is 19.4. The lowest BCUT2D eigenvalue weighted by atomic mass is 9.95. The van der Waals surface area contributed by atoms with Crippen LogP contribution in [0.15, 0.2) is 76.0 Å². The molecule has 2 aliphatic heterocycles. The van der Waals surface area contributed by atoms with Crippen LogP contribution in [0.25, 0.3) is 21.9 Å². The molecule has 170 valence electrons. The van der Waals surface area contributed by atoms with Gasteiger partial charge in [0.15, 0.2) is 0 Å². The molecule has 4 aromatic rings. The van der Waals surface area contributed by atoms with Crippen molar-refractivity contribution in [3.63, 3.8) is 0 Å². The third kappa shape index (κ3) is 3.86. The Balaban J connectivity index is 1.21. The minimum atomic E-state index is -3.55. The summed E-state index contributed by atoms with van der Waals surface area (Å²) in [5.41, 5.74) is 4.36. The van der Waals surface area contributed by atoms with E-state index < -0.39 is 10.0 Å². The predicted molar refractivity (Wildman–Crippen MR) is 131 cm³/mol. The lowest BCUT2D eigenvalue weighted by Gasteiger charge is -2.36. The van der Waals surface area contributed by atoms with Crippen molar-refractivity contribution in [3.8, 4) is 0 Å². The van der Waals surface area contributed by atoms with Crippen LogP contribution in [0, 0.1) is 5.92 Å². The standard InChI is InChI=1S/C27H28N2O3S/c30-33(31,23-11-12-27-25(16-23)24-9-3-4-10-26(24)32-27)29-14-5-6-20(18-29)17-28-15-13-21-7-1-2-8-22(21)19-28/h1-4,7-12,16,20H,5-6,13-15,17-19H2. The fourth-order valence-electron chi connectivity index (χ4n) is 5.48. The summed E-state index contributed by atoms with van der Waals surface area (Å²) in [6.45, 7) is 4.14. The maximum atomic E-state index is 13.6. The van der Waals surface area contributed by atoms with Gasteiger partial charge in [0.25, 0.3) is 0 Å². The van der Waals surface area contributed by atoms with Crippen molar-refractivity contribution in [3.05, 3.63) is 77.9 Å². The Hall–Kier alpha value is -2.67. The summed E-state index contributed by atoms with van der Waals surface area (Å²) in [6.07, 6.45) is 3.06. The van der Waals surface area contributed by atoms with Gasteiger partial charge < -0.3 is 4.42 Å². The van der Waals surface area contributed by atoms with Crippen LogP contribution in [-0.2, 0) is 23.0 Å². The molecular weight excluding hydrogens is 432 g/mol. The first-order valence-electron chi connectivity index (χ1n) is 11.8. The highest BCUT2D eigenvalue weighted by Gasteiger charge is 2.32. The molecule has 0 aliphatic carbocycles. The van der Waals surface area contributed by atoms with Crippen molar-refractivity contribution in [1.82, 2.24) is 9.21 Å². The quantitative estimate of drug-likeness (QED) is 0.428. The van der Waals surface area contributed by atoms with E-state index in [1.54, 1.807) is 22.5 Å². The highest BCUT2D eigenvalue weighted by atomic mass is 32.2. The summed E-state index contributed by atoms with van der Waals surface area (Å²) < 4.78 is 34.7. The number of rotatable bonds is 4. The van der Waals surface area contributed by atoms with E-state index in [1.165, 1.54) is 11.1 Å². The van der Waals surface area contributed by atoms with Gasteiger partial charge in [-0.25, -0.2) is 8.42 Å². The SMILES string of the molecule is O=S(=O)(c1ccc2oc3ccccc3c2c1)N1CCCC(CN2CCc3ccccc3C2)C1. The van der Waals surface area contributed by atoms with Crippen LogP contribution < -0.4 is 0 Å². The maximum Gasteiger partial charge on any atom is 0.243 e. The number of nitrogens with zero attached hydrogens (tertiary/aromatic N) is 2. The Morgan fingerprint density at radius 1 is 0.879 bits per heavy atom. The highest BCUT2D eigenvalue weighted by Crippen LogP contribution is 2.32. The zero-order chi connectivity index (χ0) is 22.4. The van der Waals surface area contributed by atoms with Crippen LogP contribution in [0.3, 0.4) is 0 Å². The van der Waals surface area contributed by atoms with Crippen molar-refractivity contribution in [1.29, 1.82) is 0 Å². The molecule has 1 atom stereocenters. The molecule has 33 heavy (non-hydrogen) atoms. The minimum Gasteiger partial charge on any atom is -0.456 e. The van der Waals surface area contributed by atoms with Crippen molar-refractivity contribution in [2.24, 2.45) is 5.92 Å². The van der Waals surface area contributed by atoms with Gasteiger partial charge >= 0.3 is 0 Å². The monoisotopic (exact) mass is 460 g/mol. The van der Waals surface area contributed by atoms with E-state index >= 15 is 0 Å². The second-order valence-electron chi connectivity index (χ2n) is 9.38. The zero-order valence-electron chi connectivity index (χ0n) is 18.6. The minimum absolute atomic E-state index is 0.356. The van der Waals surface area contributed by atoms with Gasteiger partial charge in [0.1, 0.15) is 11.2 Å². The normalized spacial score (nSPS) is 20.3. The lowest BCUT2D eigenvalue weighted by Crippen LogP contribution is -2.44. The van der Waals surface area contributed by atoms with E-state index in [1.807, 2.05) is 24.3 Å². The number of fused-ring (bicyclic) bond motifs is 4. The largest absolute Gasteiger partial charge is 0.456 e. The molecule has 0 saturated carbocycles. The number of sulfonamides is 1. The van der Waals surface area contributed by atoms with E-state index in [4.69, 9.17) is 4.42 Å². The van der Waals surface area contributed by atoms with Gasteiger partial charge in [-0.1, -0.05) is 42.5 Å². The van der Waals surface area contributed by atoms with Gasteiger partial charge in [0.2, 0.25) is 10.0 Å². The molecule has 6 heteroatoms. The molecule has 1 saturated heterocycles. The van der Waals surface area contributed by atoms with Gasteiger partial charge in [-0.15, -0.1) is 0 Å². The number of benzene rings is 3. The molecule has 2 aliphatic rings. The molecule has 0 N–H and O–H groups in total. The maximum absolute atomic E-state index is 13.6. The third-order valence-electron chi connectivity index (χ3n) is 7.19. The first-order chi connectivity index (χ1) is 16.1. The Bertz CT molecular complexity index is 1430. The molecule has 3 aromatic carbocycles. The Kier molecular flexibility index (Phi) is 5.24. The van der Waals surface area contributed by atoms with Crippen LogP contribution in [0.1, 0.15) is 24.0 Å². The third-order valence-corrected chi connectivity index (χ3v) is 9.05. The second-order valence-corrected chi connectivity index (χ2v) is 11.3. The van der Waals surface area contributed by atoms with Crippen LogP contribution in [0.5, 0.6) is 0 Å². The topological polar surface area (TPSA) is 53.8 Å². The second kappa shape index (κ2) is 8.28. The van der Waals surface area contributed by atoms with Crippen LogP contribution in [0.2, 0.25) is 0 Å². The summed E-state index contributed by atoms with van der Waals surface area (Å²) in [5, 5.41) is 1.80. The van der Waals surface area contributed by atoms with Crippen molar-refractivity contribution in [2.45, 2.75) is 30.7 Å². The molecule has 1 unspecified atom stereocenters. The van der Waals surface area contributed by atoms with Crippen LogP contribution in [0.4, 0.5) is 0 Å². The van der Waals surface area contributed by atoms with Crippen LogP contribution in [-0.4, -0.2) is 43.8 Å². The van der Waals surface area contributed by atoms with E-state index in [0.717, 1.165) is 60.8 Å². The molecule has 0 amide bonds. The van der Waals surface area contributed by atoms with Gasteiger partial charge in [-0.05, 0) is 60.6 Å². The van der Waals surface area contributed by atoms with Crippen molar-refractivity contribution in [2.75, 3.05) is 26.2 Å². The van der Waals surface area contributed by atoms with Crippen LogP contribution >= 0.6 is 0 Å². The summed E-state index contributed by atoms with van der Waals surface area (Å²) in [4.78, 5) is 2.85. The van der Waals surface area contributed by atoms with E-state index in [9.17, 15) is 8.42 Å². The van der Waals surface area contributed by atoms with Crippen molar-refractivity contribution < 1.29 is 12.8 Å². The molecule has 0 spiro atoms. The number of furan rings is 1. The molecular formula is C27H28N2O3S. The average molecular weight is 461 g/mol. The molecule has 5 nitrogen and oxygen atoms in total. The Morgan fingerprint density at radius 3 is 2.58 bits per heavy atom. The summed E-state index contributed by atoms with van der Waals surface area (Å²) >= 11 is 0. The number of hydrogen-bond donors (Lipinski definition) is 0. The first kappa shape index (κ1) is 20.9. The lowest BCUT2D eigenvalue weighted by molar-refractivity contribution is 0.167. The smallest absolute Gasteiger partial charge is 0.243 e. The predicted octanol–water partition coefficient (Wildman–Crippen LogP) is 5.05. The summed E-state index contributed by atoms with van der Waals surface area (Å²) in [7, 11) is -3.55. The molecule has 1 fully saturated rings. The Labute approximate surface area is 194 Å². The van der Waals surface area contributed by atoms with Gasteiger partial charge in [-0.2, -0.15) is 4.31 Å². The number of piperidine rings is 1. The Morgan fingerprint density at radius 2 is 1.67 bits per heavy atom. The fraction of sp³-hybridized carbons (Fsp3) is 0.333. The summed E-state index contributed by atoms with van der Waals surface area (Å²) in [5.74, 6) is 0.359. The summed E-state index contributed by atoms with van der Waals surface area (Å²) in [6, 6.07) is 21.7. The van der Waals surface area contributed by atoms with Gasteiger partial charge in [0, 0.05) is 43.5 Å². The number of hydrogen-bond acceptors (Lipinski definition) is 4. The average Bonchev–Trinajstić information content (AvgIpc) is 3.22. The highest BCUT2D eigenvalue weighted by molar-refractivity contribution is 7.89. The van der Waals surface area contributed by atoms with Crippen molar-refractivity contribution >= 4 is 32.0 Å².